The molecule has 0 aliphatic rings. The highest BCUT2D eigenvalue weighted by molar-refractivity contribution is 7.15. The van der Waals surface area contributed by atoms with Crippen LogP contribution >= 0.6 is 34.3 Å². The number of rotatable bonds is 4. The molecule has 8 nitrogen and oxygen atoms in total. The van der Waals surface area contributed by atoms with Crippen molar-refractivity contribution in [1.29, 1.82) is 0 Å². The van der Waals surface area contributed by atoms with Gasteiger partial charge in [-0.3, -0.25) is 15.4 Å². The van der Waals surface area contributed by atoms with Crippen molar-refractivity contribution in [2.45, 2.75) is 6.92 Å². The smallest absolute Gasteiger partial charge is 0.308 e. The highest BCUT2D eigenvalue weighted by atomic mass is 35.5. The number of halogens is 1. The van der Waals surface area contributed by atoms with Gasteiger partial charge in [0.2, 0.25) is 5.13 Å². The van der Waals surface area contributed by atoms with Gasteiger partial charge in [0.05, 0.1) is 0 Å². The number of amides is 3. The summed E-state index contributed by atoms with van der Waals surface area (Å²) in [5, 5.41) is 18.9. The molecule has 0 radical (unpaired) electrons. The summed E-state index contributed by atoms with van der Waals surface area (Å²) in [6.45, 7) is 1.79. The Bertz CT molecular complexity index is 925. The Morgan fingerprint density at radius 3 is 2.68 bits per heavy atom. The molecule has 0 unspecified atom stereocenters. The standard InChI is InChI=1S/C14H11ClN6O2S2/c1-7-20-21-14(25-7)18-11(22)10-6-24-13(17-10)19-12(23)16-9-4-2-3-8(15)5-9/h2-6H,1H3,(H,18,21,22)(H2,16,17,19,23). The lowest BCUT2D eigenvalue weighted by Gasteiger charge is -2.05. The Hall–Kier alpha value is -2.56. The van der Waals surface area contributed by atoms with Gasteiger partial charge >= 0.3 is 6.03 Å². The number of benzene rings is 1. The number of aromatic nitrogens is 3. The van der Waals surface area contributed by atoms with Crippen molar-refractivity contribution in [1.82, 2.24) is 15.2 Å². The van der Waals surface area contributed by atoms with Crippen LogP contribution in [0.2, 0.25) is 5.02 Å². The van der Waals surface area contributed by atoms with Crippen LogP contribution in [0.5, 0.6) is 0 Å². The molecule has 0 spiro atoms. The molecule has 2 aromatic heterocycles. The van der Waals surface area contributed by atoms with Gasteiger partial charge in [-0.25, -0.2) is 9.78 Å². The monoisotopic (exact) mass is 394 g/mol. The van der Waals surface area contributed by atoms with Gasteiger partial charge in [-0.05, 0) is 25.1 Å². The molecule has 3 rings (SSSR count). The molecule has 0 fully saturated rings. The largest absolute Gasteiger partial charge is 0.325 e. The first kappa shape index (κ1) is 17.3. The van der Waals surface area contributed by atoms with E-state index in [0.29, 0.717) is 15.8 Å². The Morgan fingerprint density at radius 2 is 1.96 bits per heavy atom. The zero-order valence-corrected chi connectivity index (χ0v) is 15.1. The van der Waals surface area contributed by atoms with Crippen molar-refractivity contribution in [2.24, 2.45) is 0 Å². The van der Waals surface area contributed by atoms with Crippen molar-refractivity contribution >= 4 is 62.2 Å². The van der Waals surface area contributed by atoms with Crippen LogP contribution in [0.25, 0.3) is 0 Å². The fourth-order valence-corrected chi connectivity index (χ4v) is 3.23. The SMILES string of the molecule is Cc1nnc(NC(=O)c2csc(NC(=O)Nc3cccc(Cl)c3)n2)s1. The third kappa shape index (κ3) is 4.72. The van der Waals surface area contributed by atoms with Crippen molar-refractivity contribution in [2.75, 3.05) is 16.0 Å². The third-order valence-corrected chi connectivity index (χ3v) is 4.53. The number of nitrogens with one attached hydrogen (secondary N) is 3. The maximum atomic E-state index is 12.1. The number of thiazole rings is 1. The molecule has 0 atom stereocenters. The second kappa shape index (κ2) is 7.55. The molecule has 2 heterocycles. The van der Waals surface area contributed by atoms with E-state index in [9.17, 15) is 9.59 Å². The van der Waals surface area contributed by atoms with Crippen LogP contribution in [0.1, 0.15) is 15.5 Å². The second-order valence-corrected chi connectivity index (χ2v) is 7.18. The summed E-state index contributed by atoms with van der Waals surface area (Å²) in [5.41, 5.74) is 0.724. The van der Waals surface area contributed by atoms with Gasteiger partial charge in [-0.15, -0.1) is 21.5 Å². The first-order valence-electron chi connectivity index (χ1n) is 6.90. The van der Waals surface area contributed by atoms with Gasteiger partial charge < -0.3 is 5.32 Å². The topological polar surface area (TPSA) is 109 Å². The number of anilines is 3. The zero-order chi connectivity index (χ0) is 17.8. The van der Waals surface area contributed by atoms with Crippen molar-refractivity contribution in [3.05, 3.63) is 45.4 Å². The Kier molecular flexibility index (Phi) is 5.22. The average Bonchev–Trinajstić information content (AvgIpc) is 3.16. The lowest BCUT2D eigenvalue weighted by Crippen LogP contribution is -2.19. The molecular weight excluding hydrogens is 384 g/mol. The summed E-state index contributed by atoms with van der Waals surface area (Å²) in [7, 11) is 0. The predicted octanol–water partition coefficient (Wildman–Crippen LogP) is 3.85. The van der Waals surface area contributed by atoms with Crippen LogP contribution in [0, 0.1) is 6.92 Å². The Balaban J connectivity index is 1.59. The van der Waals surface area contributed by atoms with Crippen molar-refractivity contribution in [3.63, 3.8) is 0 Å². The predicted molar refractivity (Wildman–Crippen MR) is 98.8 cm³/mol. The summed E-state index contributed by atoms with van der Waals surface area (Å²) >= 11 is 8.25. The van der Waals surface area contributed by atoms with Crippen LogP contribution in [0.15, 0.2) is 29.6 Å². The molecule has 11 heteroatoms. The highest BCUT2D eigenvalue weighted by Crippen LogP contribution is 2.19. The van der Waals surface area contributed by atoms with Gasteiger partial charge in [0.25, 0.3) is 5.91 Å². The zero-order valence-electron chi connectivity index (χ0n) is 12.7. The molecule has 25 heavy (non-hydrogen) atoms. The first-order chi connectivity index (χ1) is 12.0. The van der Waals surface area contributed by atoms with E-state index in [1.807, 2.05) is 0 Å². The van der Waals surface area contributed by atoms with E-state index in [-0.39, 0.29) is 10.8 Å². The molecule has 0 aliphatic heterocycles. The first-order valence-corrected chi connectivity index (χ1v) is 8.97. The lowest BCUT2D eigenvalue weighted by atomic mass is 10.3. The number of hydrogen-bond acceptors (Lipinski definition) is 7. The maximum Gasteiger partial charge on any atom is 0.325 e. The lowest BCUT2D eigenvalue weighted by molar-refractivity contribution is 0.102. The minimum absolute atomic E-state index is 0.177. The van der Waals surface area contributed by atoms with Crippen LogP contribution < -0.4 is 16.0 Å². The molecule has 1 aromatic carbocycles. The fourth-order valence-electron chi connectivity index (χ4n) is 1.77. The number of hydrogen-bond donors (Lipinski definition) is 3. The molecule has 3 amide bonds. The van der Waals surface area contributed by atoms with Crippen LogP contribution in [-0.4, -0.2) is 27.1 Å². The van der Waals surface area contributed by atoms with Crippen LogP contribution in [0.4, 0.5) is 20.7 Å². The van der Waals surface area contributed by atoms with E-state index >= 15 is 0 Å². The fraction of sp³-hybridized carbons (Fsp3) is 0.0714. The van der Waals surface area contributed by atoms with Crippen molar-refractivity contribution in [3.8, 4) is 0 Å². The summed E-state index contributed by atoms with van der Waals surface area (Å²) in [6.07, 6.45) is 0. The number of nitrogens with zero attached hydrogens (tertiary/aromatic N) is 3. The van der Waals surface area contributed by atoms with E-state index in [1.54, 1.807) is 31.2 Å². The van der Waals surface area contributed by atoms with E-state index in [1.165, 1.54) is 16.7 Å². The maximum absolute atomic E-state index is 12.1. The minimum atomic E-state index is -0.483. The van der Waals surface area contributed by atoms with E-state index in [0.717, 1.165) is 16.3 Å². The average molecular weight is 395 g/mol. The Labute approximate surface area is 155 Å². The normalized spacial score (nSPS) is 10.3. The van der Waals surface area contributed by atoms with Crippen LogP contribution in [0.3, 0.4) is 0 Å². The summed E-state index contributed by atoms with van der Waals surface area (Å²) in [6, 6.07) is 6.26. The minimum Gasteiger partial charge on any atom is -0.308 e. The number of aryl methyl sites for hydroxylation is 1. The quantitative estimate of drug-likeness (QED) is 0.622. The van der Waals surface area contributed by atoms with Crippen LogP contribution in [-0.2, 0) is 0 Å². The molecular formula is C14H11ClN6O2S2. The van der Waals surface area contributed by atoms with Gasteiger partial charge in [-0.2, -0.15) is 0 Å². The highest BCUT2D eigenvalue weighted by Gasteiger charge is 2.14. The van der Waals surface area contributed by atoms with Gasteiger partial charge in [0.15, 0.2) is 5.13 Å². The summed E-state index contributed by atoms with van der Waals surface area (Å²) in [4.78, 5) is 28.1. The molecule has 0 saturated carbocycles. The van der Waals surface area contributed by atoms with E-state index < -0.39 is 11.9 Å². The number of urea groups is 1. The molecule has 128 valence electrons. The molecule has 0 aliphatic carbocycles. The van der Waals surface area contributed by atoms with E-state index in [2.05, 4.69) is 31.1 Å². The van der Waals surface area contributed by atoms with Gasteiger partial charge in [-0.1, -0.05) is 29.0 Å². The number of carbonyl (C=O) groups is 2. The second-order valence-electron chi connectivity index (χ2n) is 4.71. The van der Waals surface area contributed by atoms with E-state index in [4.69, 9.17) is 11.6 Å². The van der Waals surface area contributed by atoms with Gasteiger partial charge in [0.1, 0.15) is 10.7 Å². The number of carbonyl (C=O) groups excluding carboxylic acids is 2. The Morgan fingerprint density at radius 1 is 1.12 bits per heavy atom. The molecule has 0 bridgehead atoms. The molecule has 3 N–H and O–H groups in total. The summed E-state index contributed by atoms with van der Waals surface area (Å²) in [5.74, 6) is -0.421. The third-order valence-electron chi connectivity index (χ3n) is 2.79. The van der Waals surface area contributed by atoms with Crippen molar-refractivity contribution < 1.29 is 9.59 Å². The molecule has 3 aromatic rings. The molecule has 0 saturated heterocycles. The summed E-state index contributed by atoms with van der Waals surface area (Å²) < 4.78 is 0. The van der Waals surface area contributed by atoms with Gasteiger partial charge in [0, 0.05) is 16.1 Å².